The number of hydrogen-bond acceptors (Lipinski definition) is 8. The number of esters is 1. The first-order valence-electron chi connectivity index (χ1n) is 14.2. The first-order chi connectivity index (χ1) is 21.2. The summed E-state index contributed by atoms with van der Waals surface area (Å²) < 4.78 is 26.4. The number of aromatic nitrogens is 1. The predicted octanol–water partition coefficient (Wildman–Crippen LogP) is 5.94. The van der Waals surface area contributed by atoms with Crippen LogP contribution in [0.15, 0.2) is 92.3 Å². The summed E-state index contributed by atoms with van der Waals surface area (Å²) in [6.07, 6.45) is 1.66. The number of hydrogen-bond donors (Lipinski definition) is 0. The molecule has 5 rings (SSSR count). The number of halogens is 1. The molecule has 1 aromatic heterocycles. The molecule has 1 aliphatic heterocycles. The van der Waals surface area contributed by atoms with Crippen molar-refractivity contribution < 1.29 is 23.7 Å². The second kappa shape index (κ2) is 13.7. The lowest BCUT2D eigenvalue weighted by molar-refractivity contribution is -0.139. The normalized spacial score (nSPS) is 14.7. The van der Waals surface area contributed by atoms with Gasteiger partial charge in [0.15, 0.2) is 16.3 Å². The Bertz CT molecular complexity index is 1890. The second-order valence-corrected chi connectivity index (χ2v) is 12.2. The van der Waals surface area contributed by atoms with Gasteiger partial charge in [-0.3, -0.25) is 9.36 Å². The molecule has 1 atom stereocenters. The molecule has 2 heterocycles. The van der Waals surface area contributed by atoms with Crippen LogP contribution in [-0.2, 0) is 16.1 Å². The van der Waals surface area contributed by atoms with E-state index in [9.17, 15) is 9.59 Å². The van der Waals surface area contributed by atoms with Crippen molar-refractivity contribution in [2.75, 3.05) is 13.7 Å². The summed E-state index contributed by atoms with van der Waals surface area (Å²) in [5.74, 6) is 1.11. The smallest absolute Gasteiger partial charge is 0.338 e. The summed E-state index contributed by atoms with van der Waals surface area (Å²) in [7, 11) is 1.58. The quantitative estimate of drug-likeness (QED) is 0.193. The molecule has 4 aromatic rings. The monoisotopic (exact) mass is 676 g/mol. The Morgan fingerprint density at radius 3 is 2.50 bits per heavy atom. The fourth-order valence-corrected chi connectivity index (χ4v) is 6.29. The summed E-state index contributed by atoms with van der Waals surface area (Å²) in [5, 5.41) is 0. The molecular weight excluding hydrogens is 644 g/mol. The number of carbonyl (C=O) groups is 1. The van der Waals surface area contributed by atoms with Crippen molar-refractivity contribution in [2.24, 2.45) is 4.99 Å². The predicted molar refractivity (Wildman–Crippen MR) is 174 cm³/mol. The van der Waals surface area contributed by atoms with Crippen LogP contribution in [0.5, 0.6) is 17.2 Å². The number of para-hydroxylation sites is 2. The van der Waals surface area contributed by atoms with Crippen molar-refractivity contribution in [1.82, 2.24) is 4.57 Å². The van der Waals surface area contributed by atoms with E-state index in [1.165, 1.54) is 11.3 Å². The van der Waals surface area contributed by atoms with E-state index in [1.807, 2.05) is 80.6 Å². The van der Waals surface area contributed by atoms with Gasteiger partial charge in [-0.15, -0.1) is 0 Å². The van der Waals surface area contributed by atoms with E-state index in [2.05, 4.69) is 15.9 Å². The molecule has 1 aliphatic rings. The maximum Gasteiger partial charge on any atom is 0.338 e. The minimum absolute atomic E-state index is 0.119. The highest BCUT2D eigenvalue weighted by Gasteiger charge is 2.35. The molecule has 0 saturated carbocycles. The lowest BCUT2D eigenvalue weighted by atomic mass is 9.95. The molecule has 0 fully saturated rings. The average molecular weight is 678 g/mol. The van der Waals surface area contributed by atoms with E-state index < -0.39 is 12.0 Å². The molecule has 10 heteroatoms. The standard InChI is InChI=1S/C34H33BrN2O6S/c1-6-41-33(39)29-21(4)36-34-37(30(29)25-11-7-8-12-26(25)43-20(2)3)32(38)28(44-34)18-23-10-9-13-27(40-5)31(23)42-19-22-14-16-24(35)17-15-22/h7-18,20,30H,6,19H2,1-5H3/b28-18-/t30-/m1/s1. The number of nitrogens with zero attached hydrogens (tertiary/aromatic N) is 2. The van der Waals surface area contributed by atoms with E-state index in [0.717, 1.165) is 10.0 Å². The van der Waals surface area contributed by atoms with Gasteiger partial charge >= 0.3 is 5.97 Å². The van der Waals surface area contributed by atoms with Gasteiger partial charge in [-0.25, -0.2) is 9.79 Å². The number of ether oxygens (including phenoxy) is 4. The van der Waals surface area contributed by atoms with Crippen LogP contribution >= 0.6 is 27.3 Å². The van der Waals surface area contributed by atoms with Crippen LogP contribution in [-0.4, -0.2) is 30.4 Å². The summed E-state index contributed by atoms with van der Waals surface area (Å²) in [5.41, 5.74) is 2.81. The molecule has 0 spiro atoms. The highest BCUT2D eigenvalue weighted by atomic mass is 79.9. The minimum atomic E-state index is -0.791. The molecule has 0 unspecified atom stereocenters. The summed E-state index contributed by atoms with van der Waals surface area (Å²) in [6, 6.07) is 20.0. The first kappa shape index (κ1) is 31.3. The number of fused-ring (bicyclic) bond motifs is 1. The maximum atomic E-state index is 14.2. The van der Waals surface area contributed by atoms with Gasteiger partial charge in [0, 0.05) is 15.6 Å². The van der Waals surface area contributed by atoms with E-state index >= 15 is 0 Å². The van der Waals surface area contributed by atoms with Crippen molar-refractivity contribution >= 4 is 39.3 Å². The van der Waals surface area contributed by atoms with E-state index in [-0.39, 0.29) is 18.3 Å². The SMILES string of the molecule is CCOC(=O)C1=C(C)N=c2s/c(=C\c3cccc(OC)c3OCc3ccc(Br)cc3)c(=O)n2[C@@H]1c1ccccc1OC(C)C. The summed E-state index contributed by atoms with van der Waals surface area (Å²) >= 11 is 4.70. The fourth-order valence-electron chi connectivity index (χ4n) is 4.99. The zero-order chi connectivity index (χ0) is 31.4. The van der Waals surface area contributed by atoms with Gasteiger partial charge in [0.25, 0.3) is 5.56 Å². The highest BCUT2D eigenvalue weighted by molar-refractivity contribution is 9.10. The maximum absolute atomic E-state index is 14.2. The molecule has 228 valence electrons. The van der Waals surface area contributed by atoms with Crippen molar-refractivity contribution in [3.05, 3.63) is 119 Å². The van der Waals surface area contributed by atoms with Gasteiger partial charge in [-0.1, -0.05) is 69.7 Å². The Hall–Kier alpha value is -4.15. The first-order valence-corrected chi connectivity index (χ1v) is 15.8. The lowest BCUT2D eigenvalue weighted by Gasteiger charge is -2.26. The molecule has 0 saturated heterocycles. The molecular formula is C34H33BrN2O6S. The van der Waals surface area contributed by atoms with Gasteiger partial charge in [0.1, 0.15) is 18.4 Å². The van der Waals surface area contributed by atoms with Gasteiger partial charge < -0.3 is 18.9 Å². The van der Waals surface area contributed by atoms with Gasteiger partial charge in [-0.2, -0.15) is 0 Å². The Balaban J connectivity index is 1.66. The number of benzene rings is 3. The molecule has 8 nitrogen and oxygen atoms in total. The Morgan fingerprint density at radius 2 is 1.80 bits per heavy atom. The molecule has 3 aromatic carbocycles. The topological polar surface area (TPSA) is 88.4 Å². The summed E-state index contributed by atoms with van der Waals surface area (Å²) in [4.78, 5) is 32.7. The zero-order valence-corrected chi connectivity index (χ0v) is 27.5. The van der Waals surface area contributed by atoms with Crippen LogP contribution in [0.1, 0.15) is 50.4 Å². The lowest BCUT2D eigenvalue weighted by Crippen LogP contribution is -2.40. The van der Waals surface area contributed by atoms with E-state index in [0.29, 0.717) is 55.6 Å². The number of allylic oxidation sites excluding steroid dienone is 1. The average Bonchev–Trinajstić information content (AvgIpc) is 3.30. The van der Waals surface area contributed by atoms with Crippen LogP contribution in [0, 0.1) is 0 Å². The van der Waals surface area contributed by atoms with Crippen molar-refractivity contribution in [2.45, 2.75) is 46.4 Å². The minimum Gasteiger partial charge on any atom is -0.493 e. The molecule has 0 bridgehead atoms. The number of carbonyl (C=O) groups excluding carboxylic acids is 1. The Morgan fingerprint density at radius 1 is 1.07 bits per heavy atom. The van der Waals surface area contributed by atoms with Gasteiger partial charge in [0.2, 0.25) is 0 Å². The molecule has 0 radical (unpaired) electrons. The van der Waals surface area contributed by atoms with Crippen molar-refractivity contribution in [1.29, 1.82) is 0 Å². The van der Waals surface area contributed by atoms with Gasteiger partial charge in [0.05, 0.1) is 35.6 Å². The number of rotatable bonds is 10. The van der Waals surface area contributed by atoms with Crippen LogP contribution in [0.4, 0.5) is 0 Å². The second-order valence-electron chi connectivity index (χ2n) is 10.3. The molecule has 44 heavy (non-hydrogen) atoms. The third-order valence-corrected chi connectivity index (χ3v) is 8.42. The van der Waals surface area contributed by atoms with E-state index in [1.54, 1.807) is 31.6 Å². The fraction of sp³-hybridized carbons (Fsp3) is 0.265. The largest absolute Gasteiger partial charge is 0.493 e. The van der Waals surface area contributed by atoms with Crippen molar-refractivity contribution in [3.63, 3.8) is 0 Å². The van der Waals surface area contributed by atoms with E-state index in [4.69, 9.17) is 23.9 Å². The third-order valence-electron chi connectivity index (χ3n) is 6.91. The Labute approximate surface area is 268 Å². The van der Waals surface area contributed by atoms with Crippen LogP contribution in [0.3, 0.4) is 0 Å². The molecule has 0 amide bonds. The molecule has 0 aliphatic carbocycles. The summed E-state index contributed by atoms with van der Waals surface area (Å²) in [6.45, 7) is 7.87. The van der Waals surface area contributed by atoms with Crippen LogP contribution < -0.4 is 29.1 Å². The van der Waals surface area contributed by atoms with Crippen molar-refractivity contribution in [3.8, 4) is 17.2 Å². The van der Waals surface area contributed by atoms with Gasteiger partial charge in [-0.05, 0) is 63.6 Å². The zero-order valence-electron chi connectivity index (χ0n) is 25.1. The van der Waals surface area contributed by atoms with Crippen LogP contribution in [0.25, 0.3) is 6.08 Å². The molecule has 0 N–H and O–H groups in total. The number of thiazole rings is 1. The van der Waals surface area contributed by atoms with Crippen LogP contribution in [0.2, 0.25) is 0 Å². The Kier molecular flexibility index (Phi) is 9.71. The highest BCUT2D eigenvalue weighted by Crippen LogP contribution is 2.36. The third kappa shape index (κ3) is 6.51. The number of methoxy groups -OCH3 is 1.